The molecule has 3 aromatic heterocycles. The van der Waals surface area contributed by atoms with Gasteiger partial charge in [-0.2, -0.15) is 23.3 Å². The number of imidazole rings is 1. The van der Waals surface area contributed by atoms with Gasteiger partial charge in [0, 0.05) is 36.3 Å². The van der Waals surface area contributed by atoms with Crippen LogP contribution >= 0.6 is 0 Å². The van der Waals surface area contributed by atoms with Gasteiger partial charge in [0.2, 0.25) is 5.95 Å². The van der Waals surface area contributed by atoms with E-state index >= 15 is 0 Å². The zero-order chi connectivity index (χ0) is 18.3. The molecule has 2 N–H and O–H groups in total. The van der Waals surface area contributed by atoms with Crippen LogP contribution in [0.3, 0.4) is 0 Å². The molecule has 3 aromatic rings. The Kier molecular flexibility index (Phi) is 3.74. The minimum absolute atomic E-state index is 0.0830. The Morgan fingerprint density at radius 1 is 1.27 bits per heavy atom. The largest absolute Gasteiger partial charge is 0.408 e. The van der Waals surface area contributed by atoms with Crippen molar-refractivity contribution in [1.82, 2.24) is 24.6 Å². The molecule has 0 saturated heterocycles. The van der Waals surface area contributed by atoms with E-state index in [4.69, 9.17) is 0 Å². The number of rotatable bonds is 3. The fraction of sp³-hybridized carbons (Fsp3) is 0.250. The van der Waals surface area contributed by atoms with Gasteiger partial charge in [-0.15, -0.1) is 0 Å². The maximum Gasteiger partial charge on any atom is 0.408 e. The van der Waals surface area contributed by atoms with E-state index in [-0.39, 0.29) is 5.95 Å². The van der Waals surface area contributed by atoms with Gasteiger partial charge in [0.1, 0.15) is 11.9 Å². The molecule has 1 aliphatic heterocycles. The first kappa shape index (κ1) is 16.3. The molecule has 10 heteroatoms. The molecular weight excluding hydrogens is 347 g/mol. The average molecular weight is 361 g/mol. The monoisotopic (exact) mass is 361 g/mol. The number of hydrogen-bond donors (Lipinski definition) is 2. The standard InChI is InChI=1S/C16H14F3N7/c1-9(16(17,18)19)23-15-22-8-11-10(4-5-21-14(11)24-15)12-2-3-13-20-6-7-26(13)25-12/h2-4,6-9H,5H2,1H3,(H2,21,22,23,24)/t9-/m1/s1. The van der Waals surface area contributed by atoms with Gasteiger partial charge >= 0.3 is 6.18 Å². The van der Waals surface area contributed by atoms with E-state index < -0.39 is 12.2 Å². The van der Waals surface area contributed by atoms with Crippen molar-refractivity contribution in [1.29, 1.82) is 0 Å². The molecule has 4 heterocycles. The summed E-state index contributed by atoms with van der Waals surface area (Å²) in [5, 5.41) is 9.82. The SMILES string of the molecule is C[C@@H](Nc1ncc2c(n1)NCC=C2c1ccc2nccn2n1)C(F)(F)F. The molecule has 26 heavy (non-hydrogen) atoms. The van der Waals surface area contributed by atoms with E-state index in [9.17, 15) is 13.2 Å². The first-order valence-corrected chi connectivity index (χ1v) is 7.87. The highest BCUT2D eigenvalue weighted by atomic mass is 19.4. The zero-order valence-corrected chi connectivity index (χ0v) is 13.6. The summed E-state index contributed by atoms with van der Waals surface area (Å²) in [7, 11) is 0. The zero-order valence-electron chi connectivity index (χ0n) is 13.6. The fourth-order valence-electron chi connectivity index (χ4n) is 2.62. The third kappa shape index (κ3) is 2.93. The average Bonchev–Trinajstić information content (AvgIpc) is 3.08. The summed E-state index contributed by atoms with van der Waals surface area (Å²) in [4.78, 5) is 12.3. The smallest absolute Gasteiger partial charge is 0.366 e. The van der Waals surface area contributed by atoms with E-state index in [1.54, 1.807) is 16.9 Å². The van der Waals surface area contributed by atoms with Crippen LogP contribution in [0.5, 0.6) is 0 Å². The van der Waals surface area contributed by atoms with Crippen LogP contribution in [0.2, 0.25) is 0 Å². The molecular formula is C16H14F3N7. The van der Waals surface area contributed by atoms with Gasteiger partial charge in [0.15, 0.2) is 5.65 Å². The van der Waals surface area contributed by atoms with Crippen molar-refractivity contribution >= 4 is 23.0 Å². The minimum Gasteiger partial charge on any atom is -0.366 e. The summed E-state index contributed by atoms with van der Waals surface area (Å²) >= 11 is 0. The molecule has 0 bridgehead atoms. The van der Waals surface area contributed by atoms with Crippen molar-refractivity contribution in [3.8, 4) is 0 Å². The molecule has 0 amide bonds. The number of hydrogen-bond acceptors (Lipinski definition) is 6. The molecule has 7 nitrogen and oxygen atoms in total. The predicted molar refractivity (Wildman–Crippen MR) is 89.7 cm³/mol. The number of fused-ring (bicyclic) bond motifs is 2. The van der Waals surface area contributed by atoms with Crippen molar-refractivity contribution in [2.45, 2.75) is 19.1 Å². The van der Waals surface area contributed by atoms with Crippen molar-refractivity contribution < 1.29 is 13.2 Å². The van der Waals surface area contributed by atoms with E-state index in [0.29, 0.717) is 23.6 Å². The van der Waals surface area contributed by atoms with Crippen molar-refractivity contribution in [3.63, 3.8) is 0 Å². The maximum atomic E-state index is 12.7. The Hall–Kier alpha value is -3.17. The normalized spacial score (nSPS) is 15.2. The van der Waals surface area contributed by atoms with Gasteiger partial charge in [0.05, 0.1) is 5.69 Å². The Balaban J connectivity index is 1.66. The van der Waals surface area contributed by atoms with Gasteiger partial charge in [-0.3, -0.25) is 0 Å². The van der Waals surface area contributed by atoms with Gasteiger partial charge in [-0.1, -0.05) is 6.08 Å². The molecule has 0 unspecified atom stereocenters. The first-order valence-electron chi connectivity index (χ1n) is 7.87. The number of nitrogens with one attached hydrogen (secondary N) is 2. The van der Waals surface area contributed by atoms with Crippen LogP contribution in [0.4, 0.5) is 24.9 Å². The summed E-state index contributed by atoms with van der Waals surface area (Å²) in [6.07, 6.45) is 2.44. The predicted octanol–water partition coefficient (Wildman–Crippen LogP) is 2.74. The Bertz CT molecular complexity index is 993. The number of alkyl halides is 3. The molecule has 0 aromatic carbocycles. The molecule has 0 saturated carbocycles. The Labute approximate surface area is 146 Å². The third-order valence-electron chi connectivity index (χ3n) is 4.02. The lowest BCUT2D eigenvalue weighted by molar-refractivity contribution is -0.138. The fourth-order valence-corrected chi connectivity index (χ4v) is 2.62. The van der Waals surface area contributed by atoms with Gasteiger partial charge < -0.3 is 10.6 Å². The molecule has 0 radical (unpaired) electrons. The van der Waals surface area contributed by atoms with Gasteiger partial charge in [0.25, 0.3) is 0 Å². The lowest BCUT2D eigenvalue weighted by atomic mass is 10.0. The molecule has 0 spiro atoms. The molecule has 0 fully saturated rings. The topological polar surface area (TPSA) is 80.0 Å². The van der Waals surface area contributed by atoms with E-state index in [1.165, 1.54) is 6.20 Å². The van der Waals surface area contributed by atoms with Crippen LogP contribution in [0.15, 0.2) is 36.8 Å². The van der Waals surface area contributed by atoms with Crippen molar-refractivity contribution in [2.24, 2.45) is 0 Å². The number of nitrogens with zero attached hydrogens (tertiary/aromatic N) is 5. The number of halogens is 3. The van der Waals surface area contributed by atoms with E-state index in [0.717, 1.165) is 18.1 Å². The quantitative estimate of drug-likeness (QED) is 0.747. The van der Waals surface area contributed by atoms with Crippen LogP contribution < -0.4 is 10.6 Å². The second-order valence-corrected chi connectivity index (χ2v) is 5.81. The summed E-state index contributed by atoms with van der Waals surface area (Å²) < 4.78 is 39.8. The highest BCUT2D eigenvalue weighted by molar-refractivity contribution is 5.85. The first-order chi connectivity index (χ1) is 12.4. The lowest BCUT2D eigenvalue weighted by Crippen LogP contribution is -2.33. The van der Waals surface area contributed by atoms with Crippen molar-refractivity contribution in [2.75, 3.05) is 17.2 Å². The molecule has 1 aliphatic rings. The number of aromatic nitrogens is 5. The summed E-state index contributed by atoms with van der Waals surface area (Å²) in [6.45, 7) is 1.50. The van der Waals surface area contributed by atoms with Gasteiger partial charge in [-0.25, -0.2) is 14.5 Å². The van der Waals surface area contributed by atoms with Crippen LogP contribution in [0.25, 0.3) is 11.2 Å². The summed E-state index contributed by atoms with van der Waals surface area (Å²) in [5.41, 5.74) is 2.91. The molecule has 0 aliphatic carbocycles. The second-order valence-electron chi connectivity index (χ2n) is 5.81. The highest BCUT2D eigenvalue weighted by Gasteiger charge is 2.36. The minimum atomic E-state index is -4.37. The van der Waals surface area contributed by atoms with Crippen LogP contribution in [-0.4, -0.2) is 43.3 Å². The second kappa shape index (κ2) is 5.97. The van der Waals surface area contributed by atoms with E-state index in [2.05, 4.69) is 30.7 Å². The lowest BCUT2D eigenvalue weighted by Gasteiger charge is -2.21. The van der Waals surface area contributed by atoms with E-state index in [1.807, 2.05) is 18.2 Å². The maximum absolute atomic E-state index is 12.7. The summed E-state index contributed by atoms with van der Waals surface area (Å²) in [6, 6.07) is 1.93. The summed E-state index contributed by atoms with van der Waals surface area (Å²) in [5.74, 6) is 0.377. The van der Waals surface area contributed by atoms with Crippen LogP contribution in [-0.2, 0) is 0 Å². The van der Waals surface area contributed by atoms with Crippen LogP contribution in [0.1, 0.15) is 18.2 Å². The Morgan fingerprint density at radius 3 is 2.92 bits per heavy atom. The molecule has 1 atom stereocenters. The molecule has 134 valence electrons. The van der Waals surface area contributed by atoms with Crippen LogP contribution in [0, 0.1) is 0 Å². The van der Waals surface area contributed by atoms with Gasteiger partial charge in [-0.05, 0) is 19.1 Å². The molecule has 4 rings (SSSR count). The highest BCUT2D eigenvalue weighted by Crippen LogP contribution is 2.31. The van der Waals surface area contributed by atoms with Crippen molar-refractivity contribution in [3.05, 3.63) is 48.1 Å². The third-order valence-corrected chi connectivity index (χ3v) is 4.02. The Morgan fingerprint density at radius 2 is 2.12 bits per heavy atom. The number of anilines is 2.